The second-order valence-electron chi connectivity index (χ2n) is 6.24. The van der Waals surface area contributed by atoms with Crippen LogP contribution in [0.5, 0.6) is 11.5 Å². The van der Waals surface area contributed by atoms with Crippen molar-refractivity contribution in [2.24, 2.45) is 0 Å². The number of methoxy groups -OCH3 is 2. The minimum atomic E-state index is 0.619. The lowest BCUT2D eigenvalue weighted by Crippen LogP contribution is -2.08. The van der Waals surface area contributed by atoms with E-state index < -0.39 is 0 Å². The fourth-order valence-electron chi connectivity index (χ4n) is 3.03. The zero-order chi connectivity index (χ0) is 18.2. The summed E-state index contributed by atoms with van der Waals surface area (Å²) in [6, 6.07) is 7.42. The van der Waals surface area contributed by atoms with Gasteiger partial charge in [-0.05, 0) is 50.3 Å². The molecule has 0 fully saturated rings. The fraction of sp³-hybridized carbons (Fsp3) is 0.400. The van der Waals surface area contributed by atoms with Crippen molar-refractivity contribution in [2.45, 2.75) is 32.1 Å². The van der Waals surface area contributed by atoms with Crippen LogP contribution >= 0.6 is 0 Å². The smallest absolute Gasteiger partial charge is 0.224 e. The second-order valence-corrected chi connectivity index (χ2v) is 6.24. The first-order chi connectivity index (χ1) is 12.8. The molecule has 1 aliphatic rings. The van der Waals surface area contributed by atoms with Crippen LogP contribution in [-0.2, 0) is 0 Å². The third kappa shape index (κ3) is 4.88. The molecule has 0 radical (unpaired) electrons. The standard InChI is InChI=1S/C20H26N4O2/c1-25-16-8-9-18(26-2)17(14-16)23-19-11-13-22-20(24-19)21-12-10-15-6-4-3-5-7-15/h6,8-9,11,13-14H,3-5,7,10,12H2,1-2H3,(H2,21,22,23,24). The van der Waals surface area contributed by atoms with Crippen LogP contribution in [0.15, 0.2) is 42.1 Å². The van der Waals surface area contributed by atoms with Crippen LogP contribution in [0.4, 0.5) is 17.5 Å². The Hall–Kier alpha value is -2.76. The van der Waals surface area contributed by atoms with E-state index in [1.54, 1.807) is 26.0 Å². The van der Waals surface area contributed by atoms with Crippen molar-refractivity contribution >= 4 is 17.5 Å². The number of aromatic nitrogens is 2. The highest BCUT2D eigenvalue weighted by molar-refractivity contribution is 5.66. The van der Waals surface area contributed by atoms with Gasteiger partial charge < -0.3 is 20.1 Å². The molecule has 138 valence electrons. The molecule has 2 aromatic rings. The Labute approximate surface area is 154 Å². The lowest BCUT2D eigenvalue weighted by Gasteiger charge is -2.14. The van der Waals surface area contributed by atoms with E-state index in [0.717, 1.165) is 30.2 Å². The molecule has 0 unspecified atom stereocenters. The number of ether oxygens (including phenoxy) is 2. The highest BCUT2D eigenvalue weighted by Gasteiger charge is 2.08. The van der Waals surface area contributed by atoms with Crippen molar-refractivity contribution < 1.29 is 9.47 Å². The van der Waals surface area contributed by atoms with Crippen LogP contribution in [0.2, 0.25) is 0 Å². The number of hydrogen-bond donors (Lipinski definition) is 2. The Morgan fingerprint density at radius 1 is 1.12 bits per heavy atom. The molecule has 3 rings (SSSR count). The number of anilines is 3. The van der Waals surface area contributed by atoms with Gasteiger partial charge in [0.15, 0.2) is 0 Å². The first kappa shape index (κ1) is 18.0. The molecule has 0 saturated carbocycles. The lowest BCUT2D eigenvalue weighted by atomic mass is 9.97. The fourth-order valence-corrected chi connectivity index (χ4v) is 3.03. The van der Waals surface area contributed by atoms with Gasteiger partial charge in [-0.25, -0.2) is 4.98 Å². The summed E-state index contributed by atoms with van der Waals surface area (Å²) in [7, 11) is 3.28. The number of nitrogens with one attached hydrogen (secondary N) is 2. The van der Waals surface area contributed by atoms with Gasteiger partial charge in [0.25, 0.3) is 0 Å². The van der Waals surface area contributed by atoms with Gasteiger partial charge in [0.2, 0.25) is 5.95 Å². The van der Waals surface area contributed by atoms with E-state index >= 15 is 0 Å². The summed E-state index contributed by atoms with van der Waals surface area (Å²) >= 11 is 0. The van der Waals surface area contributed by atoms with Crippen LogP contribution in [0.3, 0.4) is 0 Å². The Kier molecular flexibility index (Phi) is 6.30. The van der Waals surface area contributed by atoms with Crippen LogP contribution < -0.4 is 20.1 Å². The minimum Gasteiger partial charge on any atom is -0.497 e. The van der Waals surface area contributed by atoms with Gasteiger partial charge in [-0.3, -0.25) is 0 Å². The van der Waals surface area contributed by atoms with E-state index in [0.29, 0.717) is 11.8 Å². The van der Waals surface area contributed by atoms with Crippen LogP contribution in [0, 0.1) is 0 Å². The third-order valence-corrected chi connectivity index (χ3v) is 4.44. The first-order valence-electron chi connectivity index (χ1n) is 9.02. The van der Waals surface area contributed by atoms with Crippen LogP contribution in [0.25, 0.3) is 0 Å². The van der Waals surface area contributed by atoms with Crippen molar-refractivity contribution in [3.05, 3.63) is 42.1 Å². The average Bonchev–Trinajstić information content (AvgIpc) is 2.69. The molecule has 0 amide bonds. The molecule has 6 heteroatoms. The van der Waals surface area contributed by atoms with E-state index in [9.17, 15) is 0 Å². The normalized spacial score (nSPS) is 13.7. The zero-order valence-corrected chi connectivity index (χ0v) is 15.4. The SMILES string of the molecule is COc1ccc(OC)c(Nc2ccnc(NCCC3=CCCCC3)n2)c1. The summed E-state index contributed by atoms with van der Waals surface area (Å²) in [6.07, 6.45) is 10.2. The van der Waals surface area contributed by atoms with E-state index in [4.69, 9.17) is 9.47 Å². The monoisotopic (exact) mass is 354 g/mol. The van der Waals surface area contributed by atoms with Crippen molar-refractivity contribution in [3.63, 3.8) is 0 Å². The largest absolute Gasteiger partial charge is 0.497 e. The van der Waals surface area contributed by atoms with Crippen molar-refractivity contribution in [2.75, 3.05) is 31.4 Å². The van der Waals surface area contributed by atoms with Crippen molar-refractivity contribution in [3.8, 4) is 11.5 Å². The summed E-state index contributed by atoms with van der Waals surface area (Å²) in [4.78, 5) is 8.83. The maximum absolute atomic E-state index is 5.40. The molecule has 0 spiro atoms. The quantitative estimate of drug-likeness (QED) is 0.678. The van der Waals surface area contributed by atoms with E-state index in [2.05, 4.69) is 26.7 Å². The predicted octanol–water partition coefficient (Wildman–Crippen LogP) is 4.54. The van der Waals surface area contributed by atoms with Gasteiger partial charge in [0.1, 0.15) is 17.3 Å². The molecular formula is C20H26N4O2. The number of hydrogen-bond acceptors (Lipinski definition) is 6. The van der Waals surface area contributed by atoms with Crippen LogP contribution in [-0.4, -0.2) is 30.7 Å². The topological polar surface area (TPSA) is 68.3 Å². The number of nitrogens with zero attached hydrogens (tertiary/aromatic N) is 2. The molecule has 0 bridgehead atoms. The molecular weight excluding hydrogens is 328 g/mol. The van der Waals surface area contributed by atoms with Crippen molar-refractivity contribution in [1.82, 2.24) is 9.97 Å². The summed E-state index contributed by atoms with van der Waals surface area (Å²) in [5.74, 6) is 2.80. The van der Waals surface area contributed by atoms with Gasteiger partial charge in [0, 0.05) is 18.8 Å². The maximum atomic E-state index is 5.40. The van der Waals surface area contributed by atoms with Gasteiger partial charge >= 0.3 is 0 Å². The predicted molar refractivity (Wildman–Crippen MR) is 105 cm³/mol. The Morgan fingerprint density at radius 3 is 2.81 bits per heavy atom. The minimum absolute atomic E-state index is 0.619. The zero-order valence-electron chi connectivity index (χ0n) is 15.4. The number of benzene rings is 1. The molecule has 0 atom stereocenters. The van der Waals surface area contributed by atoms with Gasteiger partial charge in [-0.1, -0.05) is 11.6 Å². The summed E-state index contributed by atoms with van der Waals surface area (Å²) in [5, 5.41) is 6.58. The summed E-state index contributed by atoms with van der Waals surface area (Å²) < 4.78 is 10.7. The van der Waals surface area contributed by atoms with Gasteiger partial charge in [-0.15, -0.1) is 0 Å². The summed E-state index contributed by atoms with van der Waals surface area (Å²) in [5.41, 5.74) is 2.34. The molecule has 0 aliphatic heterocycles. The van der Waals surface area contributed by atoms with Gasteiger partial charge in [0.05, 0.1) is 19.9 Å². The molecule has 1 aliphatic carbocycles. The molecule has 0 saturated heterocycles. The van der Waals surface area contributed by atoms with E-state index in [1.165, 1.54) is 25.7 Å². The molecule has 1 aromatic carbocycles. The second kappa shape index (κ2) is 9.08. The molecule has 26 heavy (non-hydrogen) atoms. The van der Waals surface area contributed by atoms with Crippen molar-refractivity contribution in [1.29, 1.82) is 0 Å². The Balaban J connectivity index is 1.63. The number of allylic oxidation sites excluding steroid dienone is 1. The lowest BCUT2D eigenvalue weighted by molar-refractivity contribution is 0.405. The Morgan fingerprint density at radius 2 is 2.04 bits per heavy atom. The number of rotatable bonds is 8. The van der Waals surface area contributed by atoms with Crippen LogP contribution in [0.1, 0.15) is 32.1 Å². The maximum Gasteiger partial charge on any atom is 0.224 e. The molecule has 1 aromatic heterocycles. The molecule has 2 N–H and O–H groups in total. The highest BCUT2D eigenvalue weighted by Crippen LogP contribution is 2.31. The Bertz CT molecular complexity index is 761. The average molecular weight is 354 g/mol. The summed E-state index contributed by atoms with van der Waals surface area (Å²) in [6.45, 7) is 0.845. The van der Waals surface area contributed by atoms with E-state index in [-0.39, 0.29) is 0 Å². The van der Waals surface area contributed by atoms with E-state index in [1.807, 2.05) is 24.3 Å². The van der Waals surface area contributed by atoms with Gasteiger partial charge in [-0.2, -0.15) is 4.98 Å². The highest BCUT2D eigenvalue weighted by atomic mass is 16.5. The molecule has 1 heterocycles. The molecule has 6 nitrogen and oxygen atoms in total. The first-order valence-corrected chi connectivity index (χ1v) is 9.02. The third-order valence-electron chi connectivity index (χ3n) is 4.44.